The smallest absolute Gasteiger partial charge is 0.275 e. The number of hydrogen-bond donors (Lipinski definition) is 2. The number of nitrogen functional groups attached to an aromatic ring is 1. The topological polar surface area (TPSA) is 64.3 Å². The van der Waals surface area contributed by atoms with Crippen LogP contribution in [0.2, 0.25) is 0 Å². The molecule has 20 heavy (non-hydrogen) atoms. The molecule has 3 N–H and O–H groups in total. The number of rotatable bonds is 5. The van der Waals surface area contributed by atoms with E-state index in [4.69, 9.17) is 10.6 Å². The second kappa shape index (κ2) is 6.78. The molecule has 2 aromatic rings. The molecule has 6 heteroatoms. The molecule has 1 aromatic heterocycles. The average Bonchev–Trinajstić information content (AvgIpc) is 2.85. The molecular formula is C14H16N2O2S2. The zero-order chi connectivity index (χ0) is 14.5. The van der Waals surface area contributed by atoms with E-state index < -0.39 is 0 Å². The van der Waals surface area contributed by atoms with Gasteiger partial charge in [-0.15, -0.1) is 23.1 Å². The van der Waals surface area contributed by atoms with E-state index in [1.165, 1.54) is 11.3 Å². The zero-order valence-corrected chi connectivity index (χ0v) is 12.9. The van der Waals surface area contributed by atoms with Gasteiger partial charge in [-0.1, -0.05) is 6.07 Å². The van der Waals surface area contributed by atoms with Crippen LogP contribution in [0.5, 0.6) is 5.75 Å². The highest BCUT2D eigenvalue weighted by atomic mass is 32.2. The molecule has 2 rings (SSSR count). The minimum Gasteiger partial charge on any atom is -0.497 e. The number of nitrogens with one attached hydrogen (secondary N) is 1. The third-order valence-electron chi connectivity index (χ3n) is 2.81. The van der Waals surface area contributed by atoms with E-state index >= 15 is 0 Å². The molecule has 106 valence electrons. The van der Waals surface area contributed by atoms with E-state index in [0.29, 0.717) is 4.88 Å². The summed E-state index contributed by atoms with van der Waals surface area (Å²) in [5.74, 6) is 6.57. The maximum absolute atomic E-state index is 11.5. The van der Waals surface area contributed by atoms with Gasteiger partial charge in [0.15, 0.2) is 0 Å². The van der Waals surface area contributed by atoms with Crippen molar-refractivity contribution in [3.8, 4) is 5.75 Å². The van der Waals surface area contributed by atoms with Crippen molar-refractivity contribution in [2.24, 2.45) is 5.84 Å². The highest BCUT2D eigenvalue weighted by Crippen LogP contribution is 2.30. The van der Waals surface area contributed by atoms with Crippen molar-refractivity contribution in [1.29, 1.82) is 0 Å². The van der Waals surface area contributed by atoms with Gasteiger partial charge in [0.25, 0.3) is 5.91 Å². The number of thioether (sulfide) groups is 1. The highest BCUT2D eigenvalue weighted by Gasteiger charge is 2.11. The van der Waals surface area contributed by atoms with Gasteiger partial charge >= 0.3 is 0 Å². The summed E-state index contributed by atoms with van der Waals surface area (Å²) in [6.45, 7) is 2.01. The molecule has 0 unspecified atom stereocenters. The standard InChI is InChI=1S/C14H16N2O2S2/c1-9-10(6-13(20-9)14(17)16-15)8-19-12-5-3-4-11(7-12)18-2/h3-7H,8,15H2,1-2H3,(H,16,17). The van der Waals surface area contributed by atoms with Crippen LogP contribution in [0.15, 0.2) is 35.2 Å². The number of amides is 1. The predicted octanol–water partition coefficient (Wildman–Crippen LogP) is 2.96. The molecule has 0 atom stereocenters. The van der Waals surface area contributed by atoms with Crippen molar-refractivity contribution in [3.63, 3.8) is 0 Å². The van der Waals surface area contributed by atoms with E-state index in [0.717, 1.165) is 26.8 Å². The number of carbonyl (C=O) groups is 1. The summed E-state index contributed by atoms with van der Waals surface area (Å²) in [5.41, 5.74) is 3.31. The van der Waals surface area contributed by atoms with E-state index in [-0.39, 0.29) is 5.91 Å². The predicted molar refractivity (Wildman–Crippen MR) is 83.3 cm³/mol. The van der Waals surface area contributed by atoms with Gasteiger partial charge in [0.2, 0.25) is 0 Å². The number of ether oxygens (including phenoxy) is 1. The van der Waals surface area contributed by atoms with Crippen LogP contribution in [0, 0.1) is 6.92 Å². The molecule has 0 bridgehead atoms. The molecule has 0 saturated heterocycles. The molecule has 1 amide bonds. The molecular weight excluding hydrogens is 292 g/mol. The quantitative estimate of drug-likeness (QED) is 0.386. The summed E-state index contributed by atoms with van der Waals surface area (Å²) in [4.78, 5) is 14.4. The fourth-order valence-corrected chi connectivity index (χ4v) is 3.73. The Labute approximate surface area is 126 Å². The first-order valence-electron chi connectivity index (χ1n) is 6.01. The van der Waals surface area contributed by atoms with Crippen molar-refractivity contribution in [2.75, 3.05) is 7.11 Å². The van der Waals surface area contributed by atoms with Crippen LogP contribution in [-0.4, -0.2) is 13.0 Å². The van der Waals surface area contributed by atoms with E-state index in [1.807, 2.05) is 37.3 Å². The number of nitrogens with two attached hydrogens (primary N) is 1. The maximum Gasteiger partial charge on any atom is 0.275 e. The number of carbonyl (C=O) groups excluding carboxylic acids is 1. The van der Waals surface area contributed by atoms with Crippen LogP contribution < -0.4 is 16.0 Å². The molecule has 0 aliphatic rings. The monoisotopic (exact) mass is 308 g/mol. The van der Waals surface area contributed by atoms with Gasteiger partial charge in [-0.05, 0) is 36.8 Å². The zero-order valence-electron chi connectivity index (χ0n) is 11.3. The van der Waals surface area contributed by atoms with Gasteiger partial charge in [0.05, 0.1) is 12.0 Å². The molecule has 1 aromatic carbocycles. The normalized spacial score (nSPS) is 10.3. The number of aryl methyl sites for hydroxylation is 1. The van der Waals surface area contributed by atoms with Gasteiger partial charge in [0.1, 0.15) is 5.75 Å². The second-order valence-corrected chi connectivity index (χ2v) is 6.44. The first kappa shape index (κ1) is 14.9. The molecule has 0 saturated carbocycles. The Hall–Kier alpha value is -1.50. The van der Waals surface area contributed by atoms with Crippen LogP contribution in [0.4, 0.5) is 0 Å². The van der Waals surface area contributed by atoms with E-state index in [1.54, 1.807) is 18.9 Å². The summed E-state index contributed by atoms with van der Waals surface area (Å²) in [7, 11) is 1.66. The summed E-state index contributed by atoms with van der Waals surface area (Å²) >= 11 is 3.17. The lowest BCUT2D eigenvalue weighted by molar-refractivity contribution is 0.0957. The molecule has 0 fully saturated rings. The Morgan fingerprint density at radius 1 is 1.45 bits per heavy atom. The van der Waals surface area contributed by atoms with Crippen LogP contribution in [-0.2, 0) is 5.75 Å². The molecule has 0 spiro atoms. The van der Waals surface area contributed by atoms with Crippen LogP contribution in [0.1, 0.15) is 20.1 Å². The van der Waals surface area contributed by atoms with Gasteiger partial charge in [-0.2, -0.15) is 0 Å². The van der Waals surface area contributed by atoms with E-state index in [2.05, 4.69) is 5.43 Å². The number of methoxy groups -OCH3 is 1. The maximum atomic E-state index is 11.5. The number of thiophene rings is 1. The molecule has 1 heterocycles. The third-order valence-corrected chi connectivity index (χ3v) is 4.95. The van der Waals surface area contributed by atoms with E-state index in [9.17, 15) is 4.79 Å². The third kappa shape index (κ3) is 3.53. The number of hydrogen-bond acceptors (Lipinski definition) is 5. The summed E-state index contributed by atoms with van der Waals surface area (Å²) in [6.07, 6.45) is 0. The minimum absolute atomic E-state index is 0.240. The fourth-order valence-electron chi connectivity index (χ4n) is 1.70. The largest absolute Gasteiger partial charge is 0.497 e. The lowest BCUT2D eigenvalue weighted by Crippen LogP contribution is -2.29. The van der Waals surface area contributed by atoms with Gasteiger partial charge in [-0.25, -0.2) is 5.84 Å². The van der Waals surface area contributed by atoms with Crippen LogP contribution in [0.3, 0.4) is 0 Å². The Kier molecular flexibility index (Phi) is 5.05. The van der Waals surface area contributed by atoms with Crippen molar-refractivity contribution in [3.05, 3.63) is 45.6 Å². The van der Waals surface area contributed by atoms with Gasteiger partial charge < -0.3 is 4.74 Å². The molecule has 0 radical (unpaired) electrons. The van der Waals surface area contributed by atoms with Crippen molar-refractivity contribution in [1.82, 2.24) is 5.43 Å². The number of hydrazine groups is 1. The average molecular weight is 308 g/mol. The molecule has 4 nitrogen and oxygen atoms in total. The van der Waals surface area contributed by atoms with Crippen LogP contribution in [0.25, 0.3) is 0 Å². The molecule has 0 aliphatic heterocycles. The summed E-state index contributed by atoms with van der Waals surface area (Å²) in [6, 6.07) is 9.83. The first-order valence-corrected chi connectivity index (χ1v) is 7.81. The first-order chi connectivity index (χ1) is 9.63. The Morgan fingerprint density at radius 2 is 2.25 bits per heavy atom. The number of benzene rings is 1. The minimum atomic E-state index is -0.240. The fraction of sp³-hybridized carbons (Fsp3) is 0.214. The Balaban J connectivity index is 2.06. The van der Waals surface area contributed by atoms with Crippen LogP contribution >= 0.6 is 23.1 Å². The van der Waals surface area contributed by atoms with Crippen molar-refractivity contribution >= 4 is 29.0 Å². The summed E-state index contributed by atoms with van der Waals surface area (Å²) in [5, 5.41) is 0. The lowest BCUT2D eigenvalue weighted by atomic mass is 10.3. The van der Waals surface area contributed by atoms with Gasteiger partial charge in [-0.3, -0.25) is 10.2 Å². The van der Waals surface area contributed by atoms with Gasteiger partial charge in [0, 0.05) is 15.5 Å². The Morgan fingerprint density at radius 3 is 2.95 bits per heavy atom. The van der Waals surface area contributed by atoms with Crippen molar-refractivity contribution in [2.45, 2.75) is 17.6 Å². The lowest BCUT2D eigenvalue weighted by Gasteiger charge is -2.04. The van der Waals surface area contributed by atoms with Crippen molar-refractivity contribution < 1.29 is 9.53 Å². The Bertz CT molecular complexity index is 611. The summed E-state index contributed by atoms with van der Waals surface area (Å²) < 4.78 is 5.20. The molecule has 0 aliphatic carbocycles. The highest BCUT2D eigenvalue weighted by molar-refractivity contribution is 7.98. The second-order valence-electron chi connectivity index (χ2n) is 4.13. The SMILES string of the molecule is COc1cccc(SCc2cc(C(=O)NN)sc2C)c1.